The van der Waals surface area contributed by atoms with Gasteiger partial charge in [-0.2, -0.15) is 0 Å². The molecule has 1 N–H and O–H groups in total. The molecule has 0 saturated carbocycles. The number of fused-ring (bicyclic) bond motifs is 1. The molecular weight excluding hydrogens is 418 g/mol. The zero-order valence-corrected chi connectivity index (χ0v) is 18.4. The van der Waals surface area contributed by atoms with Gasteiger partial charge in [-0.3, -0.25) is 9.79 Å². The summed E-state index contributed by atoms with van der Waals surface area (Å²) in [5, 5.41) is 3.74. The average Bonchev–Trinajstić information content (AvgIpc) is 3.12. The van der Waals surface area contributed by atoms with Crippen molar-refractivity contribution in [1.82, 2.24) is 4.90 Å². The lowest BCUT2D eigenvalue weighted by Crippen LogP contribution is -2.36. The maximum absolute atomic E-state index is 12.5. The van der Waals surface area contributed by atoms with Gasteiger partial charge < -0.3 is 19.7 Å². The van der Waals surface area contributed by atoms with Crippen LogP contribution in [-0.2, 0) is 38.4 Å². The molecule has 1 aliphatic heterocycles. The minimum absolute atomic E-state index is 0.0671. The third-order valence-electron chi connectivity index (χ3n) is 4.89. The Morgan fingerprint density at radius 3 is 2.74 bits per heavy atom. The van der Waals surface area contributed by atoms with Gasteiger partial charge in [0.2, 0.25) is 5.91 Å². The first-order valence-electron chi connectivity index (χ1n) is 9.90. The van der Waals surface area contributed by atoms with Crippen LogP contribution in [0.15, 0.2) is 35.3 Å². The zero-order chi connectivity index (χ0) is 22.2. The second-order valence-electron chi connectivity index (χ2n) is 6.97. The summed E-state index contributed by atoms with van der Waals surface area (Å²) in [4.78, 5) is 42.6. The Kier molecular flexibility index (Phi) is 7.77. The molecule has 1 aliphatic rings. The number of esters is 1. The fourth-order valence-corrected chi connectivity index (χ4v) is 4.56. The van der Waals surface area contributed by atoms with Crippen LogP contribution in [0, 0.1) is 0 Å². The maximum Gasteiger partial charge on any atom is 0.410 e. The van der Waals surface area contributed by atoms with Gasteiger partial charge in [0.1, 0.15) is 5.00 Å². The maximum atomic E-state index is 12.5. The molecule has 9 heteroatoms. The van der Waals surface area contributed by atoms with Gasteiger partial charge in [-0.25, -0.2) is 9.59 Å². The predicted octanol–water partition coefficient (Wildman–Crippen LogP) is 3.04. The highest BCUT2D eigenvalue weighted by Gasteiger charge is 2.28. The topological polar surface area (TPSA) is 97.3 Å². The molecule has 2 heterocycles. The van der Waals surface area contributed by atoms with E-state index in [1.807, 2.05) is 30.3 Å². The summed E-state index contributed by atoms with van der Waals surface area (Å²) < 4.78 is 9.48. The molecular formula is C22H25N3O5S. The molecule has 164 valence electrons. The standard InChI is InChI=1S/C22H25N3O5S/c1-23-12-17-16-10-11-25(22(28)30-14-20(27)29-2)13-18(16)31-21(17)24-19(26)9-8-15-6-4-3-5-7-15/h3-7,12H,8-11,13-14H2,1-2H3,(H,24,26). The van der Waals surface area contributed by atoms with Crippen LogP contribution in [0.5, 0.6) is 0 Å². The third kappa shape index (κ3) is 5.91. The number of carbonyl (C=O) groups is 3. The molecule has 0 saturated heterocycles. The molecule has 8 nitrogen and oxygen atoms in total. The number of nitrogens with zero attached hydrogens (tertiary/aromatic N) is 2. The summed E-state index contributed by atoms with van der Waals surface area (Å²) in [6.07, 6.45) is 2.83. The number of methoxy groups -OCH3 is 1. The van der Waals surface area contributed by atoms with E-state index in [4.69, 9.17) is 4.74 Å². The largest absolute Gasteiger partial charge is 0.466 e. The lowest BCUT2D eigenvalue weighted by molar-refractivity contribution is -0.144. The van der Waals surface area contributed by atoms with Gasteiger partial charge in [-0.05, 0) is 24.0 Å². The van der Waals surface area contributed by atoms with Crippen molar-refractivity contribution in [2.45, 2.75) is 25.8 Å². The molecule has 2 aromatic rings. The third-order valence-corrected chi connectivity index (χ3v) is 6.04. The van der Waals surface area contributed by atoms with E-state index in [-0.39, 0.29) is 5.91 Å². The van der Waals surface area contributed by atoms with Gasteiger partial charge in [0.25, 0.3) is 0 Å². The van der Waals surface area contributed by atoms with Gasteiger partial charge in [-0.1, -0.05) is 30.3 Å². The Morgan fingerprint density at radius 1 is 1.26 bits per heavy atom. The van der Waals surface area contributed by atoms with Gasteiger partial charge in [0.05, 0.1) is 13.7 Å². The number of nitrogens with one attached hydrogen (secondary N) is 1. The van der Waals surface area contributed by atoms with Gasteiger partial charge in [-0.15, -0.1) is 11.3 Å². The number of rotatable bonds is 7. The first-order valence-corrected chi connectivity index (χ1v) is 10.7. The highest BCUT2D eigenvalue weighted by molar-refractivity contribution is 7.16. The monoisotopic (exact) mass is 443 g/mol. The Labute approximate surface area is 184 Å². The normalized spacial score (nSPS) is 13.0. The molecule has 0 aliphatic carbocycles. The van der Waals surface area contributed by atoms with Crippen molar-refractivity contribution in [3.05, 3.63) is 51.9 Å². The minimum atomic E-state index is -0.607. The highest BCUT2D eigenvalue weighted by Crippen LogP contribution is 2.36. The number of aryl methyl sites for hydroxylation is 1. The number of ether oxygens (including phenoxy) is 2. The van der Waals surface area contributed by atoms with Crippen LogP contribution in [0.25, 0.3) is 0 Å². The predicted molar refractivity (Wildman–Crippen MR) is 119 cm³/mol. The van der Waals surface area contributed by atoms with Crippen molar-refractivity contribution in [3.8, 4) is 0 Å². The molecule has 0 atom stereocenters. The van der Waals surface area contributed by atoms with Crippen LogP contribution < -0.4 is 5.32 Å². The first-order chi connectivity index (χ1) is 15.0. The molecule has 2 amide bonds. The Hall–Kier alpha value is -3.20. The Morgan fingerprint density at radius 2 is 2.03 bits per heavy atom. The summed E-state index contributed by atoms with van der Waals surface area (Å²) in [6, 6.07) is 9.86. The van der Waals surface area contributed by atoms with E-state index in [0.29, 0.717) is 32.4 Å². The van der Waals surface area contributed by atoms with E-state index >= 15 is 0 Å². The van der Waals surface area contributed by atoms with Crippen molar-refractivity contribution >= 4 is 40.5 Å². The summed E-state index contributed by atoms with van der Waals surface area (Å²) in [6.45, 7) is 0.389. The number of hydrogen-bond donors (Lipinski definition) is 1. The van der Waals surface area contributed by atoms with E-state index in [2.05, 4.69) is 15.0 Å². The molecule has 0 spiro atoms. The van der Waals surface area contributed by atoms with Crippen LogP contribution in [0.3, 0.4) is 0 Å². The smallest absolute Gasteiger partial charge is 0.410 e. The molecule has 31 heavy (non-hydrogen) atoms. The van der Waals surface area contributed by atoms with Gasteiger partial charge in [0, 0.05) is 36.7 Å². The van der Waals surface area contributed by atoms with Gasteiger partial charge >= 0.3 is 12.1 Å². The lowest BCUT2D eigenvalue weighted by Gasteiger charge is -2.26. The highest BCUT2D eigenvalue weighted by atomic mass is 32.1. The molecule has 3 rings (SSSR count). The summed E-state index contributed by atoms with van der Waals surface area (Å²) >= 11 is 1.44. The van der Waals surface area contributed by atoms with Crippen molar-refractivity contribution < 1.29 is 23.9 Å². The van der Waals surface area contributed by atoms with E-state index < -0.39 is 18.7 Å². The molecule has 0 radical (unpaired) electrons. The minimum Gasteiger partial charge on any atom is -0.466 e. The summed E-state index contributed by atoms with van der Waals surface area (Å²) in [7, 11) is 2.92. The first kappa shape index (κ1) is 22.5. The van der Waals surface area contributed by atoms with E-state index in [9.17, 15) is 14.4 Å². The number of hydrogen-bond acceptors (Lipinski definition) is 7. The van der Waals surface area contributed by atoms with Crippen molar-refractivity contribution in [3.63, 3.8) is 0 Å². The van der Waals surface area contributed by atoms with Crippen LogP contribution in [0.4, 0.5) is 9.80 Å². The number of amides is 2. The fraction of sp³-hybridized carbons (Fsp3) is 0.364. The second-order valence-corrected chi connectivity index (χ2v) is 8.08. The van der Waals surface area contributed by atoms with Crippen LogP contribution in [-0.4, -0.2) is 56.4 Å². The summed E-state index contributed by atoms with van der Waals surface area (Å²) in [5.74, 6) is -0.674. The Balaban J connectivity index is 1.66. The number of anilines is 1. The molecule has 1 aromatic carbocycles. The van der Waals surface area contributed by atoms with Crippen LogP contribution >= 0.6 is 11.3 Å². The SMILES string of the molecule is CN=Cc1c(NC(=O)CCc2ccccc2)sc2c1CCN(C(=O)OCC(=O)OC)C2. The van der Waals surface area contributed by atoms with Crippen molar-refractivity contribution in [1.29, 1.82) is 0 Å². The molecule has 1 aromatic heterocycles. The van der Waals surface area contributed by atoms with E-state index in [1.165, 1.54) is 23.3 Å². The molecule has 0 fully saturated rings. The van der Waals surface area contributed by atoms with Crippen molar-refractivity contribution in [2.75, 3.05) is 32.6 Å². The quantitative estimate of drug-likeness (QED) is 0.524. The van der Waals surface area contributed by atoms with Crippen molar-refractivity contribution in [2.24, 2.45) is 4.99 Å². The fourth-order valence-electron chi connectivity index (χ4n) is 3.30. The summed E-state index contributed by atoms with van der Waals surface area (Å²) in [5.41, 5.74) is 3.07. The number of benzene rings is 1. The molecule has 0 unspecified atom stereocenters. The second kappa shape index (κ2) is 10.7. The Bertz CT molecular complexity index is 971. The van der Waals surface area contributed by atoms with E-state index in [1.54, 1.807) is 13.3 Å². The number of thiophene rings is 1. The average molecular weight is 444 g/mol. The van der Waals surface area contributed by atoms with Crippen LogP contribution in [0.1, 0.15) is 28.0 Å². The lowest BCUT2D eigenvalue weighted by atomic mass is 10.0. The van der Waals surface area contributed by atoms with Crippen LogP contribution in [0.2, 0.25) is 0 Å². The number of aliphatic imine (C=N–C) groups is 1. The van der Waals surface area contributed by atoms with E-state index in [0.717, 1.165) is 26.6 Å². The molecule has 0 bridgehead atoms. The zero-order valence-electron chi connectivity index (χ0n) is 17.6. The number of carbonyl (C=O) groups excluding carboxylic acids is 3. The van der Waals surface area contributed by atoms with Gasteiger partial charge in [0.15, 0.2) is 6.61 Å².